The van der Waals surface area contributed by atoms with Crippen LogP contribution in [0.3, 0.4) is 0 Å². The van der Waals surface area contributed by atoms with Gasteiger partial charge in [0.1, 0.15) is 5.75 Å². The summed E-state index contributed by atoms with van der Waals surface area (Å²) in [5.41, 5.74) is 0.584. The highest BCUT2D eigenvalue weighted by atomic mass is 79.9. The van der Waals surface area contributed by atoms with E-state index in [1.807, 2.05) is 18.0 Å². The highest BCUT2D eigenvalue weighted by Crippen LogP contribution is 2.25. The van der Waals surface area contributed by atoms with Gasteiger partial charge in [-0.2, -0.15) is 0 Å². The van der Waals surface area contributed by atoms with Gasteiger partial charge in [-0.05, 0) is 25.2 Å². The number of nitrogens with zero attached hydrogens (tertiary/aromatic N) is 1. The van der Waals surface area contributed by atoms with Crippen molar-refractivity contribution < 1.29 is 14.3 Å². The maximum Gasteiger partial charge on any atom is 0.257 e. The van der Waals surface area contributed by atoms with Gasteiger partial charge in [0.2, 0.25) is 0 Å². The molecule has 1 fully saturated rings. The molecule has 0 saturated carbocycles. The van der Waals surface area contributed by atoms with Gasteiger partial charge in [0.15, 0.2) is 0 Å². The number of hydrogen-bond donors (Lipinski definition) is 1. The minimum absolute atomic E-state index is 0.0150. The molecule has 1 aliphatic rings. The topological polar surface area (TPSA) is 50.8 Å². The molecule has 1 unspecified atom stereocenters. The Balaban J connectivity index is 2.14. The van der Waals surface area contributed by atoms with Crippen LogP contribution in [0.4, 0.5) is 0 Å². The SMILES string of the molecule is CNCC1CN(C(=O)c2ccc(Br)cc2OC)CCO1. The van der Waals surface area contributed by atoms with Crippen LogP contribution in [-0.2, 0) is 4.74 Å². The number of carbonyl (C=O) groups is 1. The van der Waals surface area contributed by atoms with Gasteiger partial charge in [0, 0.05) is 24.1 Å². The lowest BCUT2D eigenvalue weighted by molar-refractivity contribution is -0.0197. The number of hydrogen-bond acceptors (Lipinski definition) is 4. The summed E-state index contributed by atoms with van der Waals surface area (Å²) in [7, 11) is 3.45. The predicted molar refractivity (Wildman–Crippen MR) is 80.3 cm³/mol. The van der Waals surface area contributed by atoms with Crippen molar-refractivity contribution >= 4 is 21.8 Å². The molecule has 1 aromatic carbocycles. The number of carbonyl (C=O) groups excluding carboxylic acids is 1. The van der Waals surface area contributed by atoms with Gasteiger partial charge in [-0.3, -0.25) is 4.79 Å². The minimum atomic E-state index is -0.0150. The monoisotopic (exact) mass is 342 g/mol. The van der Waals surface area contributed by atoms with E-state index in [0.717, 1.165) is 11.0 Å². The molecular weight excluding hydrogens is 324 g/mol. The number of halogens is 1. The number of nitrogens with one attached hydrogen (secondary N) is 1. The van der Waals surface area contributed by atoms with Gasteiger partial charge < -0.3 is 19.7 Å². The molecule has 0 radical (unpaired) electrons. The molecule has 0 bridgehead atoms. The molecule has 5 nitrogen and oxygen atoms in total. The molecule has 1 aromatic rings. The van der Waals surface area contributed by atoms with E-state index < -0.39 is 0 Å². The number of rotatable bonds is 4. The van der Waals surface area contributed by atoms with Gasteiger partial charge in [-0.15, -0.1) is 0 Å². The van der Waals surface area contributed by atoms with Crippen LogP contribution in [0.15, 0.2) is 22.7 Å². The lowest BCUT2D eigenvalue weighted by Crippen LogP contribution is -2.48. The molecule has 2 rings (SSSR count). The van der Waals surface area contributed by atoms with E-state index in [4.69, 9.17) is 9.47 Å². The fraction of sp³-hybridized carbons (Fsp3) is 0.500. The Bertz CT molecular complexity index is 479. The first kappa shape index (κ1) is 15.3. The number of likely N-dealkylation sites (N-methyl/N-ethyl adjacent to an activating group) is 1. The molecule has 0 aliphatic carbocycles. The Hall–Kier alpha value is -1.11. The Morgan fingerprint density at radius 3 is 3.10 bits per heavy atom. The smallest absolute Gasteiger partial charge is 0.257 e. The van der Waals surface area contributed by atoms with Crippen molar-refractivity contribution in [1.82, 2.24) is 10.2 Å². The highest BCUT2D eigenvalue weighted by molar-refractivity contribution is 9.10. The van der Waals surface area contributed by atoms with Crippen molar-refractivity contribution in [2.45, 2.75) is 6.10 Å². The fourth-order valence-electron chi connectivity index (χ4n) is 2.27. The number of amides is 1. The van der Waals surface area contributed by atoms with Crippen LogP contribution < -0.4 is 10.1 Å². The first-order valence-electron chi connectivity index (χ1n) is 6.54. The first-order chi connectivity index (χ1) is 9.65. The second-order valence-electron chi connectivity index (χ2n) is 4.65. The van der Waals surface area contributed by atoms with E-state index in [2.05, 4.69) is 21.2 Å². The number of morpholine rings is 1. The van der Waals surface area contributed by atoms with Crippen molar-refractivity contribution in [1.29, 1.82) is 0 Å². The average molecular weight is 343 g/mol. The summed E-state index contributed by atoms with van der Waals surface area (Å²) in [5.74, 6) is 0.569. The van der Waals surface area contributed by atoms with Crippen LogP contribution in [0.1, 0.15) is 10.4 Å². The molecule has 0 spiro atoms. The second kappa shape index (κ2) is 7.06. The van der Waals surface area contributed by atoms with Crippen LogP contribution in [0.5, 0.6) is 5.75 Å². The van der Waals surface area contributed by atoms with Gasteiger partial charge >= 0.3 is 0 Å². The van der Waals surface area contributed by atoms with Crippen molar-refractivity contribution in [3.63, 3.8) is 0 Å². The van der Waals surface area contributed by atoms with E-state index in [0.29, 0.717) is 31.0 Å². The second-order valence-corrected chi connectivity index (χ2v) is 5.56. The fourth-order valence-corrected chi connectivity index (χ4v) is 2.61. The normalized spacial score (nSPS) is 18.9. The third kappa shape index (κ3) is 3.50. The summed E-state index contributed by atoms with van der Waals surface area (Å²) >= 11 is 3.38. The first-order valence-corrected chi connectivity index (χ1v) is 7.34. The minimum Gasteiger partial charge on any atom is -0.496 e. The third-order valence-corrected chi connectivity index (χ3v) is 3.75. The number of benzene rings is 1. The van der Waals surface area contributed by atoms with Crippen molar-refractivity contribution in [3.05, 3.63) is 28.2 Å². The Kier molecular flexibility index (Phi) is 5.39. The largest absolute Gasteiger partial charge is 0.496 e. The van der Waals surface area contributed by atoms with Gasteiger partial charge in [-0.25, -0.2) is 0 Å². The third-order valence-electron chi connectivity index (χ3n) is 3.25. The summed E-state index contributed by atoms with van der Waals surface area (Å²) in [5, 5.41) is 3.07. The van der Waals surface area contributed by atoms with Crippen LogP contribution in [0, 0.1) is 0 Å². The zero-order valence-corrected chi connectivity index (χ0v) is 13.3. The quantitative estimate of drug-likeness (QED) is 0.901. The Labute approximate surface area is 127 Å². The summed E-state index contributed by atoms with van der Waals surface area (Å²) < 4.78 is 11.8. The molecule has 1 aliphatic heterocycles. The van der Waals surface area contributed by atoms with Crippen LogP contribution >= 0.6 is 15.9 Å². The van der Waals surface area contributed by atoms with E-state index in [9.17, 15) is 4.79 Å². The predicted octanol–water partition coefficient (Wildman–Crippen LogP) is 1.52. The van der Waals surface area contributed by atoms with Crippen molar-refractivity contribution in [2.75, 3.05) is 40.4 Å². The average Bonchev–Trinajstić information content (AvgIpc) is 2.47. The van der Waals surface area contributed by atoms with E-state index >= 15 is 0 Å². The maximum atomic E-state index is 12.6. The molecule has 1 atom stereocenters. The standard InChI is InChI=1S/C14H19BrN2O3/c1-16-8-11-9-17(5-6-20-11)14(18)12-4-3-10(15)7-13(12)19-2/h3-4,7,11,16H,5-6,8-9H2,1-2H3. The Morgan fingerprint density at radius 2 is 2.40 bits per heavy atom. The summed E-state index contributed by atoms with van der Waals surface area (Å²) in [6.45, 7) is 2.51. The molecule has 20 heavy (non-hydrogen) atoms. The molecule has 1 N–H and O–H groups in total. The van der Waals surface area contributed by atoms with Crippen LogP contribution in [-0.4, -0.2) is 57.3 Å². The van der Waals surface area contributed by atoms with Crippen LogP contribution in [0.25, 0.3) is 0 Å². The zero-order valence-electron chi connectivity index (χ0n) is 11.7. The highest BCUT2D eigenvalue weighted by Gasteiger charge is 2.26. The summed E-state index contributed by atoms with van der Waals surface area (Å²) in [6, 6.07) is 5.44. The maximum absolute atomic E-state index is 12.6. The molecule has 1 amide bonds. The lowest BCUT2D eigenvalue weighted by Gasteiger charge is -2.33. The summed E-state index contributed by atoms with van der Waals surface area (Å²) in [6.07, 6.45) is 0.0409. The van der Waals surface area contributed by atoms with E-state index in [1.54, 1.807) is 19.2 Å². The molecule has 110 valence electrons. The van der Waals surface area contributed by atoms with Crippen LogP contribution in [0.2, 0.25) is 0 Å². The van der Waals surface area contributed by atoms with Gasteiger partial charge in [0.05, 0.1) is 25.4 Å². The van der Waals surface area contributed by atoms with E-state index in [1.165, 1.54) is 0 Å². The molecule has 0 aromatic heterocycles. The molecule has 6 heteroatoms. The van der Waals surface area contributed by atoms with Crippen molar-refractivity contribution in [3.8, 4) is 5.75 Å². The van der Waals surface area contributed by atoms with Crippen molar-refractivity contribution in [2.24, 2.45) is 0 Å². The number of methoxy groups -OCH3 is 1. The van der Waals surface area contributed by atoms with Gasteiger partial charge in [0.25, 0.3) is 5.91 Å². The molecule has 1 saturated heterocycles. The molecular formula is C14H19BrN2O3. The lowest BCUT2D eigenvalue weighted by atomic mass is 10.1. The molecule has 1 heterocycles. The Morgan fingerprint density at radius 1 is 1.60 bits per heavy atom. The van der Waals surface area contributed by atoms with Gasteiger partial charge in [-0.1, -0.05) is 15.9 Å². The summed E-state index contributed by atoms with van der Waals surface area (Å²) in [4.78, 5) is 14.4. The number of ether oxygens (including phenoxy) is 2. The van der Waals surface area contributed by atoms with E-state index in [-0.39, 0.29) is 12.0 Å². The zero-order chi connectivity index (χ0) is 14.5.